The average molecular weight is 737 g/mol. The molecule has 2 atom stereocenters. The smallest absolute Gasteiger partial charge is 0.251 e. The molecule has 0 radical (unpaired) electrons. The summed E-state index contributed by atoms with van der Waals surface area (Å²) < 4.78 is 22.2. The number of aliphatic hydroxyl groups excluding tert-OH is 1. The van der Waals surface area contributed by atoms with Crippen molar-refractivity contribution in [2.45, 2.75) is 95.9 Å². The molecule has 0 aromatic heterocycles. The first-order valence-corrected chi connectivity index (χ1v) is 19.8. The molecular formula is C41H60N4O8. The van der Waals surface area contributed by atoms with Crippen molar-refractivity contribution in [1.29, 1.82) is 0 Å². The van der Waals surface area contributed by atoms with Gasteiger partial charge in [-0.1, -0.05) is 44.7 Å². The van der Waals surface area contributed by atoms with Crippen LogP contribution in [-0.2, 0) is 30.3 Å². The number of carbonyl (C=O) groups is 3. The van der Waals surface area contributed by atoms with Crippen LogP contribution >= 0.6 is 0 Å². The standard InChI is InChI=1S/C41H60N4O8/c1-3-5-22-45-39(48)36(37(46)32-9-7-6-8-10-32)43-40(49)41(45)19-23-44(24-20-41)30-31-11-15-34(16-12-31)53-35-17-13-33(14-18-35)38(47)42-21-25-51-28-29-52-27-26-50-4-2/h11-18,32,36-37,46H,3-10,19-30H2,1-2H3,(H,42,47)(H,43,49)/t36-,37-/m1/s1. The number of amides is 3. The molecule has 3 amide bonds. The summed E-state index contributed by atoms with van der Waals surface area (Å²) in [5.41, 5.74) is 0.796. The third-order valence-electron chi connectivity index (χ3n) is 10.8. The number of benzene rings is 2. The molecule has 2 aliphatic heterocycles. The highest BCUT2D eigenvalue weighted by atomic mass is 16.5. The van der Waals surface area contributed by atoms with E-state index in [1.54, 1.807) is 24.3 Å². The van der Waals surface area contributed by atoms with Crippen LogP contribution in [0, 0.1) is 5.92 Å². The average Bonchev–Trinajstić information content (AvgIpc) is 3.19. The maximum absolute atomic E-state index is 13.9. The van der Waals surface area contributed by atoms with E-state index >= 15 is 0 Å². The number of piperazine rings is 1. The van der Waals surface area contributed by atoms with Crippen LogP contribution in [0.25, 0.3) is 0 Å². The summed E-state index contributed by atoms with van der Waals surface area (Å²) >= 11 is 0. The van der Waals surface area contributed by atoms with Crippen LogP contribution < -0.4 is 15.4 Å². The second-order valence-corrected chi connectivity index (χ2v) is 14.4. The molecule has 0 unspecified atom stereocenters. The molecule has 3 aliphatic rings. The van der Waals surface area contributed by atoms with Gasteiger partial charge in [-0.3, -0.25) is 19.3 Å². The van der Waals surface area contributed by atoms with Crippen molar-refractivity contribution in [3.8, 4) is 11.5 Å². The van der Waals surface area contributed by atoms with Crippen LogP contribution in [0.15, 0.2) is 48.5 Å². The Bertz CT molecular complexity index is 1420. The van der Waals surface area contributed by atoms with Crippen LogP contribution in [0.2, 0.25) is 0 Å². The van der Waals surface area contributed by atoms with Crippen molar-refractivity contribution >= 4 is 17.7 Å². The van der Waals surface area contributed by atoms with Crippen LogP contribution in [0.4, 0.5) is 0 Å². The fourth-order valence-electron chi connectivity index (χ4n) is 7.69. The van der Waals surface area contributed by atoms with Gasteiger partial charge in [0, 0.05) is 44.9 Å². The van der Waals surface area contributed by atoms with Crippen molar-refractivity contribution in [3.05, 3.63) is 59.7 Å². The first-order chi connectivity index (χ1) is 25.8. The van der Waals surface area contributed by atoms with E-state index in [-0.39, 0.29) is 23.6 Å². The van der Waals surface area contributed by atoms with Crippen LogP contribution in [0.5, 0.6) is 11.5 Å². The zero-order valence-corrected chi connectivity index (χ0v) is 31.7. The van der Waals surface area contributed by atoms with Gasteiger partial charge in [-0.2, -0.15) is 0 Å². The second-order valence-electron chi connectivity index (χ2n) is 14.4. The fraction of sp³-hybridized carbons (Fsp3) is 0.634. The molecule has 5 rings (SSSR count). The zero-order chi connectivity index (χ0) is 37.5. The molecule has 3 N–H and O–H groups in total. The van der Waals surface area contributed by atoms with E-state index < -0.39 is 17.7 Å². The molecule has 0 bridgehead atoms. The highest BCUT2D eigenvalue weighted by Gasteiger charge is 2.55. The molecule has 2 heterocycles. The number of unbranched alkanes of at least 4 members (excludes halogenated alkanes) is 1. The molecule has 53 heavy (non-hydrogen) atoms. The molecule has 1 spiro atoms. The largest absolute Gasteiger partial charge is 0.457 e. The maximum atomic E-state index is 13.9. The monoisotopic (exact) mass is 736 g/mol. The van der Waals surface area contributed by atoms with E-state index in [1.807, 2.05) is 36.1 Å². The van der Waals surface area contributed by atoms with Crippen molar-refractivity contribution in [1.82, 2.24) is 20.4 Å². The molecule has 2 saturated heterocycles. The van der Waals surface area contributed by atoms with Gasteiger partial charge >= 0.3 is 0 Å². The Hall–Kier alpha value is -3.55. The Balaban J connectivity index is 1.05. The second kappa shape index (κ2) is 20.8. The minimum Gasteiger partial charge on any atom is -0.457 e. The molecule has 12 heteroatoms. The molecule has 3 fully saturated rings. The maximum Gasteiger partial charge on any atom is 0.251 e. The number of likely N-dealkylation sites (tertiary alicyclic amines) is 1. The van der Waals surface area contributed by atoms with E-state index in [2.05, 4.69) is 22.5 Å². The summed E-state index contributed by atoms with van der Waals surface area (Å²) in [6.45, 7) is 10.2. The minimum absolute atomic E-state index is 0.0577. The Kier molecular flexibility index (Phi) is 15.9. The Morgan fingerprint density at radius 2 is 1.51 bits per heavy atom. The lowest BCUT2D eigenvalue weighted by Crippen LogP contribution is -2.75. The van der Waals surface area contributed by atoms with E-state index in [1.165, 1.54) is 0 Å². The molecule has 12 nitrogen and oxygen atoms in total. The lowest BCUT2D eigenvalue weighted by atomic mass is 9.78. The van der Waals surface area contributed by atoms with Gasteiger partial charge in [-0.25, -0.2) is 0 Å². The Labute approximate surface area is 314 Å². The lowest BCUT2D eigenvalue weighted by Gasteiger charge is -2.52. The number of nitrogens with zero attached hydrogens (tertiary/aromatic N) is 2. The lowest BCUT2D eigenvalue weighted by molar-refractivity contribution is -0.166. The predicted octanol–water partition coefficient (Wildman–Crippen LogP) is 4.68. The van der Waals surface area contributed by atoms with Gasteiger partial charge in [0.05, 0.1) is 39.1 Å². The number of piperidine rings is 1. The molecule has 1 saturated carbocycles. The van der Waals surface area contributed by atoms with Crippen molar-refractivity contribution in [2.75, 3.05) is 65.8 Å². The molecule has 1 aliphatic carbocycles. The van der Waals surface area contributed by atoms with E-state index in [0.717, 1.165) is 57.1 Å². The summed E-state index contributed by atoms with van der Waals surface area (Å²) in [5, 5.41) is 17.1. The number of aliphatic hydroxyl groups is 1. The Morgan fingerprint density at radius 3 is 2.15 bits per heavy atom. The van der Waals surface area contributed by atoms with Gasteiger partial charge in [-0.05, 0) is 86.9 Å². The van der Waals surface area contributed by atoms with Gasteiger partial charge in [0.15, 0.2) is 0 Å². The molecule has 2 aromatic carbocycles. The number of hydrogen-bond donors (Lipinski definition) is 3. The van der Waals surface area contributed by atoms with Gasteiger partial charge < -0.3 is 39.6 Å². The fourth-order valence-corrected chi connectivity index (χ4v) is 7.69. The summed E-state index contributed by atoms with van der Waals surface area (Å²) in [4.78, 5) is 44.4. The van der Waals surface area contributed by atoms with Crippen molar-refractivity contribution in [3.63, 3.8) is 0 Å². The van der Waals surface area contributed by atoms with Crippen LogP contribution in [-0.4, -0.2) is 116 Å². The van der Waals surface area contributed by atoms with E-state index in [9.17, 15) is 19.5 Å². The zero-order valence-electron chi connectivity index (χ0n) is 31.7. The van der Waals surface area contributed by atoms with Gasteiger partial charge in [-0.15, -0.1) is 0 Å². The highest BCUT2D eigenvalue weighted by Crippen LogP contribution is 2.36. The van der Waals surface area contributed by atoms with Gasteiger partial charge in [0.1, 0.15) is 23.1 Å². The van der Waals surface area contributed by atoms with E-state index in [4.69, 9.17) is 18.9 Å². The quantitative estimate of drug-likeness (QED) is 0.166. The summed E-state index contributed by atoms with van der Waals surface area (Å²) in [5.74, 6) is 0.969. The Morgan fingerprint density at radius 1 is 0.887 bits per heavy atom. The van der Waals surface area contributed by atoms with E-state index in [0.29, 0.717) is 95.7 Å². The topological polar surface area (TPSA) is 139 Å². The first kappa shape index (κ1) is 40.6. The summed E-state index contributed by atoms with van der Waals surface area (Å²) in [7, 11) is 0. The van der Waals surface area contributed by atoms with Gasteiger partial charge in [0.2, 0.25) is 11.8 Å². The molecule has 292 valence electrons. The third-order valence-corrected chi connectivity index (χ3v) is 10.8. The molecule has 2 aromatic rings. The van der Waals surface area contributed by atoms with Crippen molar-refractivity contribution < 1.29 is 38.4 Å². The number of nitrogens with one attached hydrogen (secondary N) is 2. The number of carbonyl (C=O) groups excluding carboxylic acids is 3. The van der Waals surface area contributed by atoms with Crippen LogP contribution in [0.3, 0.4) is 0 Å². The first-order valence-electron chi connectivity index (χ1n) is 19.8. The van der Waals surface area contributed by atoms with Gasteiger partial charge in [0.25, 0.3) is 5.91 Å². The minimum atomic E-state index is -0.868. The van der Waals surface area contributed by atoms with Crippen LogP contribution in [0.1, 0.15) is 87.6 Å². The normalized spacial score (nSPS) is 20.0. The summed E-state index contributed by atoms with van der Waals surface area (Å²) in [6.07, 6.45) is 7.14. The SMILES string of the molecule is CCCCN1C(=O)[C@@H]([C@H](O)C2CCCCC2)NC(=O)C12CCN(Cc1ccc(Oc3ccc(C(=O)NCCOCCOCCOCC)cc3)cc1)CC2. The number of rotatable bonds is 20. The number of hydrogen-bond acceptors (Lipinski definition) is 9. The predicted molar refractivity (Wildman–Crippen MR) is 202 cm³/mol. The highest BCUT2D eigenvalue weighted by molar-refractivity contribution is 6.00. The number of ether oxygens (including phenoxy) is 4. The molecular weight excluding hydrogens is 676 g/mol. The third kappa shape index (κ3) is 11.2. The van der Waals surface area contributed by atoms with Crippen molar-refractivity contribution in [2.24, 2.45) is 5.92 Å². The summed E-state index contributed by atoms with van der Waals surface area (Å²) in [6, 6.07) is 14.1.